The molecule has 2 rings (SSSR count). The summed E-state index contributed by atoms with van der Waals surface area (Å²) in [6, 6.07) is 16.1. The van der Waals surface area contributed by atoms with Crippen LogP contribution >= 0.6 is 7.60 Å². The lowest BCUT2D eigenvalue weighted by molar-refractivity contribution is -0.137. The second kappa shape index (κ2) is 8.13. The summed E-state index contributed by atoms with van der Waals surface area (Å²) in [6.07, 6.45) is 0.178. The Morgan fingerprint density at radius 2 is 1.75 bits per heavy atom. The molecular formula is C18H21O5P. The minimum Gasteiger partial charge on any atom is -0.481 e. The van der Waals surface area contributed by atoms with Crippen molar-refractivity contribution >= 4 is 13.6 Å². The lowest BCUT2D eigenvalue weighted by Crippen LogP contribution is -2.17. The van der Waals surface area contributed by atoms with Crippen molar-refractivity contribution < 1.29 is 23.9 Å². The van der Waals surface area contributed by atoms with Crippen molar-refractivity contribution in [3.63, 3.8) is 0 Å². The Labute approximate surface area is 141 Å². The first-order valence-corrected chi connectivity index (χ1v) is 9.36. The molecule has 0 aliphatic rings. The third kappa shape index (κ3) is 5.52. The Balaban J connectivity index is 2.17. The number of carboxylic acid groups (broad SMARTS) is 1. The van der Waals surface area contributed by atoms with E-state index in [4.69, 9.17) is 9.63 Å². The van der Waals surface area contributed by atoms with E-state index in [1.807, 2.05) is 37.3 Å². The maximum absolute atomic E-state index is 12.7. The highest BCUT2D eigenvalue weighted by Crippen LogP contribution is 2.50. The molecule has 2 aromatic rings. The molecule has 0 amide bonds. The Morgan fingerprint density at radius 3 is 2.33 bits per heavy atom. The van der Waals surface area contributed by atoms with Crippen LogP contribution in [0.15, 0.2) is 54.6 Å². The number of benzene rings is 2. The van der Waals surface area contributed by atoms with Crippen LogP contribution in [0.3, 0.4) is 0 Å². The molecule has 6 heteroatoms. The SMILES string of the molecule is Cc1ccc(OP(=O)(O)C(CCC(=O)O)Cc2ccccc2)cc1. The molecular weight excluding hydrogens is 327 g/mol. The summed E-state index contributed by atoms with van der Waals surface area (Å²) >= 11 is 0. The number of aliphatic carboxylic acids is 1. The number of aryl methyl sites for hydroxylation is 1. The monoisotopic (exact) mass is 348 g/mol. The number of carboxylic acids is 1. The van der Waals surface area contributed by atoms with Crippen molar-refractivity contribution in [2.75, 3.05) is 0 Å². The molecule has 0 fully saturated rings. The minimum absolute atomic E-state index is 0.0733. The van der Waals surface area contributed by atoms with Gasteiger partial charge in [-0.15, -0.1) is 0 Å². The largest absolute Gasteiger partial charge is 0.481 e. The van der Waals surface area contributed by atoms with Gasteiger partial charge in [-0.3, -0.25) is 4.79 Å². The zero-order valence-electron chi connectivity index (χ0n) is 13.5. The van der Waals surface area contributed by atoms with E-state index in [1.165, 1.54) is 0 Å². The quantitative estimate of drug-likeness (QED) is 0.704. The first kappa shape index (κ1) is 18.2. The number of rotatable bonds is 8. The summed E-state index contributed by atoms with van der Waals surface area (Å²) in [5, 5.41) is 8.90. The molecule has 0 spiro atoms. The van der Waals surface area contributed by atoms with Gasteiger partial charge in [0.1, 0.15) is 5.75 Å². The standard InChI is InChI=1S/C18H21O5P/c1-14-7-9-16(10-8-14)23-24(21,22)17(11-12-18(19)20)13-15-5-3-2-4-6-15/h2-10,17H,11-13H2,1H3,(H,19,20)(H,21,22). The smallest absolute Gasteiger partial charge is 0.380 e. The summed E-state index contributed by atoms with van der Waals surface area (Å²) in [7, 11) is -4.02. The van der Waals surface area contributed by atoms with E-state index >= 15 is 0 Å². The molecule has 0 radical (unpaired) electrons. The van der Waals surface area contributed by atoms with Gasteiger partial charge in [0.25, 0.3) is 0 Å². The lowest BCUT2D eigenvalue weighted by atomic mass is 10.1. The van der Waals surface area contributed by atoms with Crippen LogP contribution in [0.5, 0.6) is 5.75 Å². The van der Waals surface area contributed by atoms with Gasteiger partial charge in [0.2, 0.25) is 0 Å². The van der Waals surface area contributed by atoms with Crippen LogP contribution in [0.4, 0.5) is 0 Å². The molecule has 0 heterocycles. The topological polar surface area (TPSA) is 83.8 Å². The third-order valence-electron chi connectivity index (χ3n) is 3.72. The third-order valence-corrected chi connectivity index (χ3v) is 5.56. The summed E-state index contributed by atoms with van der Waals surface area (Å²) in [5.41, 5.74) is 1.11. The van der Waals surface area contributed by atoms with E-state index in [1.54, 1.807) is 24.3 Å². The molecule has 2 aromatic carbocycles. The Morgan fingerprint density at radius 1 is 1.12 bits per heavy atom. The number of hydrogen-bond donors (Lipinski definition) is 2. The van der Waals surface area contributed by atoms with Gasteiger partial charge in [-0.1, -0.05) is 48.0 Å². The lowest BCUT2D eigenvalue weighted by Gasteiger charge is -2.23. The molecule has 5 nitrogen and oxygen atoms in total. The summed E-state index contributed by atoms with van der Waals surface area (Å²) in [5.74, 6) is -0.691. The van der Waals surface area contributed by atoms with Crippen molar-refractivity contribution in [3.05, 3.63) is 65.7 Å². The number of hydrogen-bond acceptors (Lipinski definition) is 3. The second-order valence-electron chi connectivity index (χ2n) is 5.74. The van der Waals surface area contributed by atoms with E-state index in [0.29, 0.717) is 5.75 Å². The van der Waals surface area contributed by atoms with Crippen LogP contribution in [0, 0.1) is 6.92 Å². The second-order valence-corrected chi connectivity index (χ2v) is 7.79. The predicted molar refractivity (Wildman–Crippen MR) is 92.4 cm³/mol. The van der Waals surface area contributed by atoms with Gasteiger partial charge < -0.3 is 14.5 Å². The van der Waals surface area contributed by atoms with Gasteiger partial charge >= 0.3 is 13.6 Å². The van der Waals surface area contributed by atoms with Gasteiger partial charge in [0.15, 0.2) is 0 Å². The first-order valence-electron chi connectivity index (χ1n) is 7.71. The first-order chi connectivity index (χ1) is 11.4. The fourth-order valence-electron chi connectivity index (χ4n) is 2.38. The fraction of sp³-hybridized carbons (Fsp3) is 0.278. The van der Waals surface area contributed by atoms with E-state index in [2.05, 4.69) is 0 Å². The zero-order chi connectivity index (χ0) is 17.6. The molecule has 24 heavy (non-hydrogen) atoms. The Kier molecular flexibility index (Phi) is 6.18. The van der Waals surface area contributed by atoms with Crippen molar-refractivity contribution in [1.82, 2.24) is 0 Å². The van der Waals surface area contributed by atoms with Gasteiger partial charge in [-0.2, -0.15) is 0 Å². The average molecular weight is 348 g/mol. The van der Waals surface area contributed by atoms with Crippen LogP contribution in [-0.2, 0) is 15.8 Å². The zero-order valence-corrected chi connectivity index (χ0v) is 14.4. The van der Waals surface area contributed by atoms with Crippen molar-refractivity contribution in [2.45, 2.75) is 31.8 Å². The molecule has 128 valence electrons. The summed E-state index contributed by atoms with van der Waals surface area (Å²) in [6.45, 7) is 1.91. The van der Waals surface area contributed by atoms with Gasteiger partial charge in [0, 0.05) is 6.42 Å². The minimum atomic E-state index is -4.02. The molecule has 2 N–H and O–H groups in total. The van der Waals surface area contributed by atoms with E-state index in [9.17, 15) is 14.3 Å². The molecule has 2 unspecified atom stereocenters. The Hall–Kier alpha value is -2.10. The van der Waals surface area contributed by atoms with Crippen LogP contribution in [0.2, 0.25) is 0 Å². The van der Waals surface area contributed by atoms with E-state index in [-0.39, 0.29) is 19.3 Å². The van der Waals surface area contributed by atoms with Crippen molar-refractivity contribution in [3.8, 4) is 5.75 Å². The Bertz CT molecular complexity index is 712. The van der Waals surface area contributed by atoms with E-state index in [0.717, 1.165) is 11.1 Å². The highest BCUT2D eigenvalue weighted by Gasteiger charge is 2.34. The van der Waals surface area contributed by atoms with E-state index < -0.39 is 19.2 Å². The van der Waals surface area contributed by atoms with Crippen LogP contribution in [0.1, 0.15) is 24.0 Å². The molecule has 0 aromatic heterocycles. The summed E-state index contributed by atoms with van der Waals surface area (Å²) in [4.78, 5) is 21.3. The molecule has 0 aliphatic heterocycles. The van der Waals surface area contributed by atoms with Gasteiger partial charge in [-0.25, -0.2) is 4.57 Å². The van der Waals surface area contributed by atoms with Crippen LogP contribution in [-0.4, -0.2) is 21.6 Å². The highest BCUT2D eigenvalue weighted by molar-refractivity contribution is 7.54. The normalized spacial score (nSPS) is 14.6. The molecule has 0 bridgehead atoms. The maximum Gasteiger partial charge on any atom is 0.380 e. The van der Waals surface area contributed by atoms with Crippen LogP contribution < -0.4 is 4.52 Å². The van der Waals surface area contributed by atoms with Gasteiger partial charge in [0.05, 0.1) is 5.66 Å². The average Bonchev–Trinajstić information content (AvgIpc) is 2.54. The molecule has 0 saturated heterocycles. The predicted octanol–water partition coefficient (Wildman–Crippen LogP) is 4.04. The van der Waals surface area contributed by atoms with Gasteiger partial charge in [-0.05, 0) is 37.5 Å². The van der Waals surface area contributed by atoms with Crippen LogP contribution in [0.25, 0.3) is 0 Å². The van der Waals surface area contributed by atoms with Crippen molar-refractivity contribution in [1.29, 1.82) is 0 Å². The molecule has 0 aliphatic carbocycles. The summed E-state index contributed by atoms with van der Waals surface area (Å²) < 4.78 is 18.1. The fourth-order valence-corrected chi connectivity index (χ4v) is 3.85. The highest BCUT2D eigenvalue weighted by atomic mass is 31.2. The number of carbonyl (C=O) groups is 1. The molecule has 2 atom stereocenters. The maximum atomic E-state index is 12.7. The van der Waals surface area contributed by atoms with Crippen molar-refractivity contribution in [2.24, 2.45) is 0 Å². The molecule has 0 saturated carbocycles.